The predicted molar refractivity (Wildman–Crippen MR) is 74.5 cm³/mol. The number of benzene rings is 1. The third kappa shape index (κ3) is 3.47. The number of anilines is 1. The van der Waals surface area contributed by atoms with Gasteiger partial charge in [-0.2, -0.15) is 0 Å². The summed E-state index contributed by atoms with van der Waals surface area (Å²) in [6.45, 7) is 4.98. The highest BCUT2D eigenvalue weighted by molar-refractivity contribution is 5.95. The molecule has 0 unspecified atom stereocenters. The third-order valence-electron chi connectivity index (χ3n) is 3.28. The molecular formula is C15H21NO3. The second-order valence-corrected chi connectivity index (χ2v) is 4.66. The van der Waals surface area contributed by atoms with Crippen LogP contribution < -0.4 is 5.32 Å². The van der Waals surface area contributed by atoms with Crippen molar-refractivity contribution in [3.63, 3.8) is 0 Å². The fourth-order valence-corrected chi connectivity index (χ4v) is 2.27. The number of rotatable bonds is 6. The minimum absolute atomic E-state index is 0.272. The average molecular weight is 263 g/mol. The van der Waals surface area contributed by atoms with Crippen molar-refractivity contribution in [3.8, 4) is 0 Å². The molecule has 1 aromatic carbocycles. The standard InChI is InChI=1S/C15H21NO3/c1-3-18-12-9-11(10-12)16-14-8-6-5-7-13(14)15(17)19-4-2/h5-8,11-12,16H,3-4,9-10H2,1-2H3. The van der Waals surface area contributed by atoms with E-state index in [1.807, 2.05) is 32.0 Å². The number of esters is 1. The van der Waals surface area contributed by atoms with Gasteiger partial charge in [0, 0.05) is 18.3 Å². The van der Waals surface area contributed by atoms with E-state index >= 15 is 0 Å². The fourth-order valence-electron chi connectivity index (χ4n) is 2.27. The Kier molecular flexibility index (Phi) is 4.80. The first-order valence-corrected chi connectivity index (χ1v) is 6.88. The van der Waals surface area contributed by atoms with Crippen molar-refractivity contribution in [2.24, 2.45) is 0 Å². The molecule has 1 fully saturated rings. The van der Waals surface area contributed by atoms with Crippen LogP contribution in [0.3, 0.4) is 0 Å². The quantitative estimate of drug-likeness (QED) is 0.802. The summed E-state index contributed by atoms with van der Waals surface area (Å²) in [5, 5.41) is 3.39. The maximum absolute atomic E-state index is 11.8. The van der Waals surface area contributed by atoms with Crippen LogP contribution in [0.25, 0.3) is 0 Å². The summed E-state index contributed by atoms with van der Waals surface area (Å²) >= 11 is 0. The van der Waals surface area contributed by atoms with Crippen molar-refractivity contribution in [1.82, 2.24) is 0 Å². The Morgan fingerprint density at radius 2 is 2.00 bits per heavy atom. The van der Waals surface area contributed by atoms with Crippen LogP contribution in [-0.4, -0.2) is 31.3 Å². The number of hydrogen-bond donors (Lipinski definition) is 1. The molecule has 1 aliphatic rings. The zero-order valence-electron chi connectivity index (χ0n) is 11.5. The number of para-hydroxylation sites is 1. The van der Waals surface area contributed by atoms with Crippen molar-refractivity contribution >= 4 is 11.7 Å². The van der Waals surface area contributed by atoms with Crippen LogP contribution in [0.1, 0.15) is 37.0 Å². The minimum Gasteiger partial charge on any atom is -0.462 e. The van der Waals surface area contributed by atoms with E-state index in [9.17, 15) is 4.79 Å². The Bertz CT molecular complexity index is 427. The highest BCUT2D eigenvalue weighted by atomic mass is 16.5. The fraction of sp³-hybridized carbons (Fsp3) is 0.533. The molecule has 104 valence electrons. The van der Waals surface area contributed by atoms with Gasteiger partial charge in [-0.05, 0) is 38.8 Å². The van der Waals surface area contributed by atoms with Gasteiger partial charge in [-0.3, -0.25) is 0 Å². The van der Waals surface area contributed by atoms with Crippen LogP contribution in [-0.2, 0) is 9.47 Å². The SMILES string of the molecule is CCOC(=O)c1ccccc1NC1CC(OCC)C1. The van der Waals surface area contributed by atoms with Gasteiger partial charge in [0.25, 0.3) is 0 Å². The Balaban J connectivity index is 1.95. The molecule has 0 spiro atoms. The molecule has 1 aromatic rings. The third-order valence-corrected chi connectivity index (χ3v) is 3.28. The smallest absolute Gasteiger partial charge is 0.340 e. The molecule has 1 aliphatic carbocycles. The lowest BCUT2D eigenvalue weighted by Gasteiger charge is -2.36. The lowest BCUT2D eigenvalue weighted by atomic mass is 9.89. The summed E-state index contributed by atoms with van der Waals surface area (Å²) in [7, 11) is 0. The molecule has 0 amide bonds. The molecule has 4 nitrogen and oxygen atoms in total. The van der Waals surface area contributed by atoms with E-state index in [4.69, 9.17) is 9.47 Å². The zero-order valence-corrected chi connectivity index (χ0v) is 11.5. The lowest BCUT2D eigenvalue weighted by Crippen LogP contribution is -2.41. The van der Waals surface area contributed by atoms with Crippen molar-refractivity contribution in [2.75, 3.05) is 18.5 Å². The lowest BCUT2D eigenvalue weighted by molar-refractivity contribution is 0.00298. The number of ether oxygens (including phenoxy) is 2. The van der Waals surface area contributed by atoms with E-state index in [0.29, 0.717) is 24.3 Å². The summed E-state index contributed by atoms with van der Waals surface area (Å²) in [5.74, 6) is -0.272. The molecule has 0 bridgehead atoms. The zero-order chi connectivity index (χ0) is 13.7. The molecule has 1 N–H and O–H groups in total. The summed E-state index contributed by atoms with van der Waals surface area (Å²) in [6, 6.07) is 7.86. The molecule has 0 atom stereocenters. The first-order chi connectivity index (χ1) is 9.24. The maximum atomic E-state index is 11.8. The first kappa shape index (κ1) is 13.9. The molecule has 0 aliphatic heterocycles. The van der Waals surface area contributed by atoms with Gasteiger partial charge in [0.15, 0.2) is 0 Å². The van der Waals surface area contributed by atoms with Crippen molar-refractivity contribution < 1.29 is 14.3 Å². The summed E-state index contributed by atoms with van der Waals surface area (Å²) in [5.41, 5.74) is 1.45. The molecule has 4 heteroatoms. The number of hydrogen-bond acceptors (Lipinski definition) is 4. The Morgan fingerprint density at radius 3 is 2.68 bits per heavy atom. The van der Waals surface area contributed by atoms with E-state index in [1.165, 1.54) is 0 Å². The molecular weight excluding hydrogens is 242 g/mol. The highest BCUT2D eigenvalue weighted by Crippen LogP contribution is 2.28. The number of carbonyl (C=O) groups is 1. The molecule has 0 saturated heterocycles. The van der Waals surface area contributed by atoms with E-state index in [0.717, 1.165) is 25.1 Å². The van der Waals surface area contributed by atoms with Gasteiger partial charge < -0.3 is 14.8 Å². The van der Waals surface area contributed by atoms with Crippen molar-refractivity contribution in [2.45, 2.75) is 38.8 Å². The Labute approximate surface area is 114 Å². The summed E-state index contributed by atoms with van der Waals surface area (Å²) < 4.78 is 10.6. The van der Waals surface area contributed by atoms with Crippen molar-refractivity contribution in [1.29, 1.82) is 0 Å². The van der Waals surface area contributed by atoms with Gasteiger partial charge in [-0.1, -0.05) is 12.1 Å². The molecule has 0 radical (unpaired) electrons. The van der Waals surface area contributed by atoms with E-state index < -0.39 is 0 Å². The molecule has 1 saturated carbocycles. The largest absolute Gasteiger partial charge is 0.462 e. The van der Waals surface area contributed by atoms with Gasteiger partial charge >= 0.3 is 5.97 Å². The van der Waals surface area contributed by atoms with Crippen molar-refractivity contribution in [3.05, 3.63) is 29.8 Å². The Morgan fingerprint density at radius 1 is 1.26 bits per heavy atom. The molecule has 19 heavy (non-hydrogen) atoms. The second kappa shape index (κ2) is 6.57. The van der Waals surface area contributed by atoms with E-state index in [1.54, 1.807) is 6.07 Å². The van der Waals surface area contributed by atoms with Gasteiger partial charge in [0.05, 0.1) is 18.3 Å². The normalized spacial score (nSPS) is 21.6. The van der Waals surface area contributed by atoms with Gasteiger partial charge in [-0.15, -0.1) is 0 Å². The number of carbonyl (C=O) groups excluding carboxylic acids is 1. The van der Waals surface area contributed by atoms with Gasteiger partial charge in [0.1, 0.15) is 0 Å². The predicted octanol–water partition coefficient (Wildman–Crippen LogP) is 2.84. The Hall–Kier alpha value is -1.55. The molecule has 0 aromatic heterocycles. The van der Waals surface area contributed by atoms with E-state index in [2.05, 4.69) is 5.32 Å². The monoisotopic (exact) mass is 263 g/mol. The summed E-state index contributed by atoms with van der Waals surface area (Å²) in [6.07, 6.45) is 2.34. The van der Waals surface area contributed by atoms with Crippen LogP contribution >= 0.6 is 0 Å². The summed E-state index contributed by atoms with van der Waals surface area (Å²) in [4.78, 5) is 11.8. The van der Waals surface area contributed by atoms with Crippen LogP contribution in [0, 0.1) is 0 Å². The van der Waals surface area contributed by atoms with Gasteiger partial charge in [0.2, 0.25) is 0 Å². The molecule has 2 rings (SSSR count). The second-order valence-electron chi connectivity index (χ2n) is 4.66. The van der Waals surface area contributed by atoms with Crippen LogP contribution in [0.2, 0.25) is 0 Å². The first-order valence-electron chi connectivity index (χ1n) is 6.88. The minimum atomic E-state index is -0.272. The van der Waals surface area contributed by atoms with Crippen LogP contribution in [0.5, 0.6) is 0 Å². The van der Waals surface area contributed by atoms with Crippen LogP contribution in [0.15, 0.2) is 24.3 Å². The maximum Gasteiger partial charge on any atom is 0.340 e. The average Bonchev–Trinajstić information content (AvgIpc) is 2.37. The topological polar surface area (TPSA) is 47.6 Å². The highest BCUT2D eigenvalue weighted by Gasteiger charge is 2.30. The van der Waals surface area contributed by atoms with Gasteiger partial charge in [-0.25, -0.2) is 4.79 Å². The molecule has 0 heterocycles. The van der Waals surface area contributed by atoms with Crippen LogP contribution in [0.4, 0.5) is 5.69 Å². The number of nitrogens with one attached hydrogen (secondary N) is 1. The van der Waals surface area contributed by atoms with E-state index in [-0.39, 0.29) is 5.97 Å².